The van der Waals surface area contributed by atoms with Crippen LogP contribution in [0.15, 0.2) is 41.4 Å². The predicted octanol–water partition coefficient (Wildman–Crippen LogP) is 4.83. The van der Waals surface area contributed by atoms with Crippen LogP contribution in [-0.4, -0.2) is 37.7 Å². The highest BCUT2D eigenvalue weighted by Gasteiger charge is 2.20. The first-order valence-corrected chi connectivity index (χ1v) is 10.9. The number of guanidine groups is 1. The van der Waals surface area contributed by atoms with Crippen molar-refractivity contribution >= 4 is 58.0 Å². The Bertz CT molecular complexity index is 1100. The summed E-state index contributed by atoms with van der Waals surface area (Å²) in [6.45, 7) is 6.57. The molecule has 1 heterocycles. The molecule has 3 rings (SSSR count). The highest BCUT2D eigenvalue weighted by atomic mass is 127. The fourth-order valence-corrected chi connectivity index (χ4v) is 4.11. The van der Waals surface area contributed by atoms with Gasteiger partial charge < -0.3 is 20.1 Å². The number of nitrogens with zero attached hydrogens (tertiary/aromatic N) is 2. The van der Waals surface area contributed by atoms with E-state index in [-0.39, 0.29) is 36.0 Å². The van der Waals surface area contributed by atoms with Gasteiger partial charge in [-0.3, -0.25) is 4.99 Å². The number of aliphatic imine (C=N–C) groups is 1. The van der Waals surface area contributed by atoms with Crippen molar-refractivity contribution in [1.82, 2.24) is 15.6 Å². The molecular weight excluding hydrogens is 539 g/mol. The van der Waals surface area contributed by atoms with Crippen LogP contribution in [0.4, 0.5) is 0 Å². The number of nitrogens with one attached hydrogen (secondary N) is 2. The smallest absolute Gasteiger partial charge is 0.350 e. The number of ether oxygens (including phenoxy) is 2. The number of hydrogen-bond donors (Lipinski definition) is 2. The quantitative estimate of drug-likeness (QED) is 0.184. The fraction of sp³-hybridized carbons (Fsp3) is 0.348. The summed E-state index contributed by atoms with van der Waals surface area (Å²) in [5.74, 6) is 1.18. The minimum atomic E-state index is -0.326. The van der Waals surface area contributed by atoms with Gasteiger partial charge in [0.25, 0.3) is 0 Å². The van der Waals surface area contributed by atoms with E-state index in [1.165, 1.54) is 11.3 Å². The van der Waals surface area contributed by atoms with Crippen LogP contribution < -0.4 is 15.4 Å². The minimum absolute atomic E-state index is 0. The molecule has 0 spiro atoms. The van der Waals surface area contributed by atoms with E-state index in [0.29, 0.717) is 29.7 Å². The summed E-state index contributed by atoms with van der Waals surface area (Å²) in [6, 6.07) is 12.2. The maximum Gasteiger partial charge on any atom is 0.350 e. The lowest BCUT2D eigenvalue weighted by molar-refractivity contribution is 0.0531. The summed E-state index contributed by atoms with van der Waals surface area (Å²) in [5, 5.41) is 9.77. The molecule has 1 atom stereocenters. The lowest BCUT2D eigenvalue weighted by Crippen LogP contribution is -2.38. The van der Waals surface area contributed by atoms with Gasteiger partial charge in [0.2, 0.25) is 0 Å². The summed E-state index contributed by atoms with van der Waals surface area (Å²) < 4.78 is 10.4. The van der Waals surface area contributed by atoms with Crippen LogP contribution in [0.3, 0.4) is 0 Å². The molecule has 0 bridgehead atoms. The largest absolute Gasteiger partial charge is 0.497 e. The van der Waals surface area contributed by atoms with Gasteiger partial charge in [-0.25, -0.2) is 9.78 Å². The number of halogens is 1. The van der Waals surface area contributed by atoms with Crippen LogP contribution in [-0.2, 0) is 11.3 Å². The Kier molecular flexibility index (Phi) is 9.70. The van der Waals surface area contributed by atoms with Gasteiger partial charge >= 0.3 is 5.97 Å². The van der Waals surface area contributed by atoms with Gasteiger partial charge in [-0.05, 0) is 55.3 Å². The van der Waals surface area contributed by atoms with Gasteiger partial charge in [0.15, 0.2) is 5.96 Å². The molecule has 1 aromatic heterocycles. The normalized spacial score (nSPS) is 12.1. The van der Waals surface area contributed by atoms with E-state index in [1.807, 2.05) is 26.0 Å². The van der Waals surface area contributed by atoms with Gasteiger partial charge in [-0.15, -0.1) is 35.3 Å². The standard InChI is InChI=1S/C23H28N4O3S.HI/c1-6-30-22(28)20-14(2)26-21(31-20)15(3)27-23(24-4)25-13-16-7-8-18-12-19(29-5)10-9-17(18)11-16;/h7-12,15H,6,13H2,1-5H3,(H2,24,25,27);1H. The van der Waals surface area contributed by atoms with Gasteiger partial charge in [0.05, 0.1) is 25.5 Å². The molecule has 0 amide bonds. The molecule has 172 valence electrons. The second-order valence-electron chi connectivity index (χ2n) is 7.03. The summed E-state index contributed by atoms with van der Waals surface area (Å²) in [4.78, 5) is 21.4. The van der Waals surface area contributed by atoms with Gasteiger partial charge in [0, 0.05) is 13.6 Å². The zero-order chi connectivity index (χ0) is 22.4. The van der Waals surface area contributed by atoms with E-state index in [9.17, 15) is 4.79 Å². The number of fused-ring (bicyclic) bond motifs is 1. The summed E-state index contributed by atoms with van der Waals surface area (Å²) in [6.07, 6.45) is 0. The first kappa shape index (κ1) is 25.9. The Morgan fingerprint density at radius 3 is 2.62 bits per heavy atom. The van der Waals surface area contributed by atoms with Crippen LogP contribution in [0.2, 0.25) is 0 Å². The maximum atomic E-state index is 12.1. The Hall–Kier alpha value is -2.40. The zero-order valence-corrected chi connectivity index (χ0v) is 22.0. The molecule has 2 N–H and O–H groups in total. The minimum Gasteiger partial charge on any atom is -0.497 e. The highest BCUT2D eigenvalue weighted by molar-refractivity contribution is 14.0. The number of esters is 1. The number of aromatic nitrogens is 1. The van der Waals surface area contributed by atoms with Crippen molar-refractivity contribution in [3.05, 3.63) is 57.5 Å². The molecule has 3 aromatic rings. The number of methoxy groups -OCH3 is 1. The van der Waals surface area contributed by atoms with E-state index < -0.39 is 0 Å². The number of carbonyl (C=O) groups excluding carboxylic acids is 1. The average molecular weight is 568 g/mol. The molecule has 32 heavy (non-hydrogen) atoms. The number of benzene rings is 2. The summed E-state index contributed by atoms with van der Waals surface area (Å²) in [5.41, 5.74) is 1.82. The van der Waals surface area contributed by atoms with Crippen LogP contribution in [0.1, 0.15) is 45.8 Å². The van der Waals surface area contributed by atoms with E-state index in [4.69, 9.17) is 9.47 Å². The van der Waals surface area contributed by atoms with Crippen molar-refractivity contribution < 1.29 is 14.3 Å². The monoisotopic (exact) mass is 568 g/mol. The van der Waals surface area contributed by atoms with Crippen molar-refractivity contribution in [3.63, 3.8) is 0 Å². The second kappa shape index (κ2) is 12.0. The third-order valence-electron chi connectivity index (χ3n) is 4.79. The summed E-state index contributed by atoms with van der Waals surface area (Å²) >= 11 is 1.35. The van der Waals surface area contributed by atoms with Crippen molar-refractivity contribution in [3.8, 4) is 5.75 Å². The lowest BCUT2D eigenvalue weighted by Gasteiger charge is -2.16. The summed E-state index contributed by atoms with van der Waals surface area (Å²) in [7, 11) is 3.40. The molecule has 0 saturated carbocycles. The number of hydrogen-bond acceptors (Lipinski definition) is 6. The Balaban J connectivity index is 0.00000363. The van der Waals surface area contributed by atoms with Crippen molar-refractivity contribution in [2.45, 2.75) is 33.4 Å². The molecule has 9 heteroatoms. The molecule has 2 aromatic carbocycles. The molecule has 0 aliphatic rings. The Morgan fingerprint density at radius 2 is 1.94 bits per heavy atom. The molecule has 0 aliphatic heterocycles. The number of thiazole rings is 1. The SMILES string of the molecule is CCOC(=O)c1sc(C(C)NC(=NC)NCc2ccc3cc(OC)ccc3c2)nc1C.I. The lowest BCUT2D eigenvalue weighted by atomic mass is 10.1. The van der Waals surface area contributed by atoms with Gasteiger partial charge in [0.1, 0.15) is 15.6 Å². The predicted molar refractivity (Wildman–Crippen MR) is 140 cm³/mol. The van der Waals surface area contributed by atoms with Crippen molar-refractivity contribution in [1.29, 1.82) is 0 Å². The topological polar surface area (TPSA) is 84.8 Å². The molecule has 0 saturated heterocycles. The maximum absolute atomic E-state index is 12.1. The molecular formula is C23H29IN4O3S. The Labute approximate surface area is 209 Å². The molecule has 7 nitrogen and oxygen atoms in total. The molecule has 0 radical (unpaired) electrons. The average Bonchev–Trinajstić information content (AvgIpc) is 3.18. The first-order chi connectivity index (χ1) is 14.9. The zero-order valence-electron chi connectivity index (χ0n) is 18.9. The van der Waals surface area contributed by atoms with E-state index in [0.717, 1.165) is 27.1 Å². The van der Waals surface area contributed by atoms with Gasteiger partial charge in [-0.2, -0.15) is 0 Å². The van der Waals surface area contributed by atoms with Crippen LogP contribution in [0, 0.1) is 6.92 Å². The number of carbonyl (C=O) groups is 1. The second-order valence-corrected chi connectivity index (χ2v) is 8.06. The van der Waals surface area contributed by atoms with Crippen LogP contribution in [0.5, 0.6) is 5.75 Å². The van der Waals surface area contributed by atoms with Crippen LogP contribution >= 0.6 is 35.3 Å². The highest BCUT2D eigenvalue weighted by Crippen LogP contribution is 2.24. The Morgan fingerprint density at radius 1 is 1.22 bits per heavy atom. The van der Waals surface area contributed by atoms with E-state index in [1.54, 1.807) is 21.1 Å². The first-order valence-electron chi connectivity index (χ1n) is 10.1. The van der Waals surface area contributed by atoms with Crippen LogP contribution in [0.25, 0.3) is 10.8 Å². The third kappa shape index (κ3) is 6.32. The van der Waals surface area contributed by atoms with Crippen molar-refractivity contribution in [2.24, 2.45) is 4.99 Å². The molecule has 0 fully saturated rings. The van der Waals surface area contributed by atoms with E-state index >= 15 is 0 Å². The van der Waals surface area contributed by atoms with E-state index in [2.05, 4.69) is 44.9 Å². The fourth-order valence-electron chi connectivity index (χ4n) is 3.15. The van der Waals surface area contributed by atoms with Gasteiger partial charge in [-0.1, -0.05) is 18.2 Å². The third-order valence-corrected chi connectivity index (χ3v) is 6.11. The number of aryl methyl sites for hydroxylation is 1. The molecule has 1 unspecified atom stereocenters. The molecule has 0 aliphatic carbocycles. The van der Waals surface area contributed by atoms with Crippen molar-refractivity contribution in [2.75, 3.05) is 20.8 Å². The number of rotatable bonds is 7.